The fourth-order valence-corrected chi connectivity index (χ4v) is 5.04. The van der Waals surface area contributed by atoms with Crippen molar-refractivity contribution in [2.24, 2.45) is 0 Å². The summed E-state index contributed by atoms with van der Waals surface area (Å²) >= 11 is 0. The van der Waals surface area contributed by atoms with Crippen LogP contribution in [-0.4, -0.2) is 15.0 Å². The van der Waals surface area contributed by atoms with Gasteiger partial charge in [0.05, 0.1) is 11.6 Å². The van der Waals surface area contributed by atoms with Crippen LogP contribution in [0.15, 0.2) is 121 Å². The van der Waals surface area contributed by atoms with Crippen LogP contribution < -0.4 is 0 Å². The number of benzene rings is 6. The minimum atomic E-state index is 0.537. The molecule has 7 aromatic rings. The van der Waals surface area contributed by atoms with Gasteiger partial charge in [-0.1, -0.05) is 103 Å². The maximum Gasteiger partial charge on any atom is 0.164 e. The van der Waals surface area contributed by atoms with Gasteiger partial charge in [0, 0.05) is 16.7 Å². The lowest BCUT2D eigenvalue weighted by molar-refractivity contribution is 1.07. The number of fused-ring (bicyclic) bond motifs is 5. The van der Waals surface area contributed by atoms with Crippen molar-refractivity contribution in [2.45, 2.75) is 0 Å². The highest BCUT2D eigenvalue weighted by Crippen LogP contribution is 2.34. The summed E-state index contributed by atoms with van der Waals surface area (Å²) in [6.45, 7) is 0. The third kappa shape index (κ3) is 3.75. The van der Waals surface area contributed by atoms with E-state index in [1.54, 1.807) is 6.07 Å². The highest BCUT2D eigenvalue weighted by atomic mass is 15.0. The van der Waals surface area contributed by atoms with E-state index in [9.17, 15) is 5.26 Å². The Morgan fingerprint density at radius 3 is 1.76 bits per heavy atom. The summed E-state index contributed by atoms with van der Waals surface area (Å²) in [7, 11) is 0. The molecular formula is C34H20N4. The van der Waals surface area contributed by atoms with E-state index in [1.807, 2.05) is 48.5 Å². The van der Waals surface area contributed by atoms with Gasteiger partial charge in [0.15, 0.2) is 17.5 Å². The maximum absolute atomic E-state index is 9.42. The van der Waals surface area contributed by atoms with Gasteiger partial charge in [-0.25, -0.2) is 15.0 Å². The molecule has 4 nitrogen and oxygen atoms in total. The predicted molar refractivity (Wildman–Crippen MR) is 153 cm³/mol. The third-order valence-corrected chi connectivity index (χ3v) is 6.92. The smallest absolute Gasteiger partial charge is 0.164 e. The van der Waals surface area contributed by atoms with E-state index in [-0.39, 0.29) is 0 Å². The Morgan fingerprint density at radius 1 is 0.421 bits per heavy atom. The molecular weight excluding hydrogens is 464 g/mol. The molecule has 0 bridgehead atoms. The summed E-state index contributed by atoms with van der Waals surface area (Å²) in [6.07, 6.45) is 0. The molecule has 0 unspecified atom stereocenters. The molecule has 38 heavy (non-hydrogen) atoms. The zero-order valence-corrected chi connectivity index (χ0v) is 20.3. The average Bonchev–Trinajstić information content (AvgIpc) is 3.00. The molecule has 0 N–H and O–H groups in total. The third-order valence-electron chi connectivity index (χ3n) is 6.92. The number of rotatable bonds is 3. The van der Waals surface area contributed by atoms with Gasteiger partial charge in [-0.05, 0) is 50.5 Å². The van der Waals surface area contributed by atoms with Crippen molar-refractivity contribution in [1.29, 1.82) is 5.26 Å². The van der Waals surface area contributed by atoms with Gasteiger partial charge in [0.25, 0.3) is 0 Å². The van der Waals surface area contributed by atoms with Crippen LogP contribution in [-0.2, 0) is 0 Å². The summed E-state index contributed by atoms with van der Waals surface area (Å²) in [5.41, 5.74) is 3.17. The average molecular weight is 485 g/mol. The van der Waals surface area contributed by atoms with Crippen molar-refractivity contribution < 1.29 is 0 Å². The van der Waals surface area contributed by atoms with E-state index >= 15 is 0 Å². The maximum atomic E-state index is 9.42. The molecule has 1 heterocycles. The first-order valence-electron chi connectivity index (χ1n) is 12.4. The number of nitriles is 1. The minimum Gasteiger partial charge on any atom is -0.208 e. The van der Waals surface area contributed by atoms with Gasteiger partial charge in [-0.15, -0.1) is 0 Å². The lowest BCUT2D eigenvalue weighted by atomic mass is 9.96. The Balaban J connectivity index is 1.46. The largest absolute Gasteiger partial charge is 0.208 e. The van der Waals surface area contributed by atoms with E-state index in [2.05, 4.69) is 72.8 Å². The van der Waals surface area contributed by atoms with Crippen molar-refractivity contribution >= 4 is 32.3 Å². The number of hydrogen-bond donors (Lipinski definition) is 0. The summed E-state index contributed by atoms with van der Waals surface area (Å²) in [5, 5.41) is 16.6. The first-order chi connectivity index (χ1) is 18.8. The fourth-order valence-electron chi connectivity index (χ4n) is 5.04. The lowest BCUT2D eigenvalue weighted by Crippen LogP contribution is -2.00. The van der Waals surface area contributed by atoms with Gasteiger partial charge in [0.1, 0.15) is 0 Å². The monoisotopic (exact) mass is 484 g/mol. The van der Waals surface area contributed by atoms with E-state index in [1.165, 1.54) is 21.5 Å². The molecule has 4 heteroatoms. The minimum absolute atomic E-state index is 0.537. The topological polar surface area (TPSA) is 62.5 Å². The number of nitrogens with zero attached hydrogens (tertiary/aromatic N) is 4. The molecule has 176 valence electrons. The molecule has 0 aliphatic carbocycles. The Kier molecular flexibility index (Phi) is 5.13. The highest BCUT2D eigenvalue weighted by Gasteiger charge is 2.14. The molecule has 0 radical (unpaired) electrons. The number of hydrogen-bond acceptors (Lipinski definition) is 4. The van der Waals surface area contributed by atoms with Gasteiger partial charge < -0.3 is 0 Å². The van der Waals surface area contributed by atoms with E-state index in [0.29, 0.717) is 23.0 Å². The second-order valence-electron chi connectivity index (χ2n) is 9.25. The van der Waals surface area contributed by atoms with Gasteiger partial charge in [-0.3, -0.25) is 0 Å². The van der Waals surface area contributed by atoms with Crippen LogP contribution in [0.3, 0.4) is 0 Å². The molecule has 0 fully saturated rings. The molecule has 0 atom stereocenters. The zero-order chi connectivity index (χ0) is 25.5. The number of aromatic nitrogens is 3. The Labute approximate surface area is 219 Å². The first kappa shape index (κ1) is 21.8. The van der Waals surface area contributed by atoms with Crippen LogP contribution in [0.5, 0.6) is 0 Å². The zero-order valence-electron chi connectivity index (χ0n) is 20.3. The van der Waals surface area contributed by atoms with Crippen molar-refractivity contribution in [3.05, 3.63) is 127 Å². The standard InChI is InChI=1S/C34H20N4/c35-21-22-7-6-11-26(19-22)33-36-32(25-9-2-1-3-10-25)37-34(38-33)27-14-13-24-16-17-29-28-12-5-4-8-23(28)15-18-30(29)31(24)20-27/h1-20H. The Bertz CT molecular complexity index is 2040. The van der Waals surface area contributed by atoms with Crippen molar-refractivity contribution in [3.8, 4) is 40.2 Å². The van der Waals surface area contributed by atoms with Crippen LogP contribution in [0.2, 0.25) is 0 Å². The van der Waals surface area contributed by atoms with E-state index in [4.69, 9.17) is 15.0 Å². The van der Waals surface area contributed by atoms with Crippen LogP contribution in [0.4, 0.5) is 0 Å². The van der Waals surface area contributed by atoms with Crippen molar-refractivity contribution in [3.63, 3.8) is 0 Å². The first-order valence-corrected chi connectivity index (χ1v) is 12.4. The van der Waals surface area contributed by atoms with Crippen LogP contribution in [0, 0.1) is 11.3 Å². The SMILES string of the molecule is N#Cc1cccc(-c2nc(-c3ccccc3)nc(-c3ccc4ccc5c6ccccc6ccc5c4c3)n2)c1. The van der Waals surface area contributed by atoms with Crippen LogP contribution in [0.25, 0.3) is 66.5 Å². The van der Waals surface area contributed by atoms with Crippen molar-refractivity contribution in [2.75, 3.05) is 0 Å². The molecule has 0 aliphatic rings. The molecule has 7 rings (SSSR count). The fraction of sp³-hybridized carbons (Fsp3) is 0. The van der Waals surface area contributed by atoms with E-state index < -0.39 is 0 Å². The van der Waals surface area contributed by atoms with Gasteiger partial charge in [-0.2, -0.15) is 5.26 Å². The van der Waals surface area contributed by atoms with Crippen molar-refractivity contribution in [1.82, 2.24) is 15.0 Å². The summed E-state index contributed by atoms with van der Waals surface area (Å²) in [4.78, 5) is 14.6. The Hall–Kier alpha value is -5.40. The Morgan fingerprint density at radius 2 is 1.00 bits per heavy atom. The quantitative estimate of drug-likeness (QED) is 0.237. The summed E-state index contributed by atoms with van der Waals surface area (Å²) < 4.78 is 0. The highest BCUT2D eigenvalue weighted by molar-refractivity contribution is 6.17. The van der Waals surface area contributed by atoms with Gasteiger partial charge in [0.2, 0.25) is 0 Å². The van der Waals surface area contributed by atoms with Crippen LogP contribution >= 0.6 is 0 Å². The molecule has 0 aliphatic heterocycles. The summed E-state index contributed by atoms with van der Waals surface area (Å²) in [6, 6.07) is 43.1. The molecule has 1 aromatic heterocycles. The predicted octanol–water partition coefficient (Wildman–Crippen LogP) is 8.20. The van der Waals surface area contributed by atoms with E-state index in [0.717, 1.165) is 27.5 Å². The molecule has 0 amide bonds. The van der Waals surface area contributed by atoms with Crippen LogP contribution in [0.1, 0.15) is 5.56 Å². The van der Waals surface area contributed by atoms with Gasteiger partial charge >= 0.3 is 0 Å². The summed E-state index contributed by atoms with van der Waals surface area (Å²) in [5.74, 6) is 1.72. The normalized spacial score (nSPS) is 11.1. The lowest BCUT2D eigenvalue weighted by Gasteiger charge is -2.11. The molecule has 0 saturated carbocycles. The molecule has 6 aromatic carbocycles. The second-order valence-corrected chi connectivity index (χ2v) is 9.25. The second kappa shape index (κ2) is 8.92. The molecule has 0 saturated heterocycles. The molecule has 0 spiro atoms.